The SMILES string of the molecule is CO[Si](C)(CCCN1CCC[SiH]1C)OC. The first-order chi connectivity index (χ1) is 7.11. The van der Waals surface area contributed by atoms with Crippen molar-refractivity contribution in [2.45, 2.75) is 38.0 Å². The Balaban J connectivity index is 2.20. The second-order valence-electron chi connectivity index (χ2n) is 4.67. The summed E-state index contributed by atoms with van der Waals surface area (Å²) in [5.41, 5.74) is 0. The topological polar surface area (TPSA) is 21.7 Å². The van der Waals surface area contributed by atoms with Gasteiger partial charge in [0.15, 0.2) is 0 Å². The van der Waals surface area contributed by atoms with Gasteiger partial charge < -0.3 is 13.4 Å². The van der Waals surface area contributed by atoms with Crippen molar-refractivity contribution in [1.29, 1.82) is 0 Å². The molecule has 1 rings (SSSR count). The minimum absolute atomic E-state index is 0.501. The molecule has 1 fully saturated rings. The highest BCUT2D eigenvalue weighted by molar-refractivity contribution is 6.65. The predicted molar refractivity (Wildman–Crippen MR) is 69.1 cm³/mol. The van der Waals surface area contributed by atoms with Crippen LogP contribution >= 0.6 is 0 Å². The summed E-state index contributed by atoms with van der Waals surface area (Å²) in [6, 6.07) is 2.63. The van der Waals surface area contributed by atoms with Gasteiger partial charge in [0.25, 0.3) is 0 Å². The molecule has 1 heterocycles. The molecule has 0 N–H and O–H groups in total. The summed E-state index contributed by atoms with van der Waals surface area (Å²) < 4.78 is 13.7. The highest BCUT2D eigenvalue weighted by atomic mass is 28.4. The third-order valence-electron chi connectivity index (χ3n) is 3.63. The zero-order chi connectivity index (χ0) is 11.3. The first-order valence-electron chi connectivity index (χ1n) is 5.95. The van der Waals surface area contributed by atoms with Crippen molar-refractivity contribution in [3.63, 3.8) is 0 Å². The smallest absolute Gasteiger partial charge is 0.334 e. The van der Waals surface area contributed by atoms with Gasteiger partial charge in [0.2, 0.25) is 0 Å². The molecule has 1 aliphatic rings. The van der Waals surface area contributed by atoms with Crippen molar-refractivity contribution >= 4 is 17.5 Å². The molecule has 0 aliphatic carbocycles. The van der Waals surface area contributed by atoms with Crippen LogP contribution < -0.4 is 0 Å². The molecule has 0 saturated carbocycles. The fourth-order valence-corrected chi connectivity index (χ4v) is 5.98. The Labute approximate surface area is 96.7 Å². The molecule has 0 radical (unpaired) electrons. The van der Waals surface area contributed by atoms with Crippen molar-refractivity contribution in [2.24, 2.45) is 0 Å². The van der Waals surface area contributed by atoms with Gasteiger partial charge in [0.1, 0.15) is 8.96 Å². The van der Waals surface area contributed by atoms with Crippen LogP contribution in [-0.4, -0.2) is 49.4 Å². The monoisotopic (exact) mass is 247 g/mol. The van der Waals surface area contributed by atoms with E-state index in [1.54, 1.807) is 14.2 Å². The molecule has 0 aromatic heterocycles. The minimum atomic E-state index is -1.80. The van der Waals surface area contributed by atoms with Crippen LogP contribution in [0.25, 0.3) is 0 Å². The van der Waals surface area contributed by atoms with E-state index in [0.717, 1.165) is 6.04 Å². The summed E-state index contributed by atoms with van der Waals surface area (Å²) in [7, 11) is 1.26. The highest BCUT2D eigenvalue weighted by Gasteiger charge is 2.29. The van der Waals surface area contributed by atoms with Gasteiger partial charge in [-0.1, -0.05) is 6.55 Å². The number of nitrogens with zero attached hydrogens (tertiary/aromatic N) is 1. The van der Waals surface area contributed by atoms with E-state index in [0.29, 0.717) is 0 Å². The van der Waals surface area contributed by atoms with Crippen LogP contribution in [-0.2, 0) is 8.85 Å². The molecule has 1 atom stereocenters. The molecule has 0 spiro atoms. The van der Waals surface area contributed by atoms with Crippen molar-refractivity contribution in [3.8, 4) is 0 Å². The van der Waals surface area contributed by atoms with Crippen molar-refractivity contribution < 1.29 is 8.85 Å². The lowest BCUT2D eigenvalue weighted by molar-refractivity contribution is 0.247. The maximum Gasteiger partial charge on any atom is 0.334 e. The summed E-state index contributed by atoms with van der Waals surface area (Å²) in [5, 5.41) is 0. The standard InChI is InChI=1S/C10H25NO2Si2/c1-12-15(4,13-2)10-6-8-11-7-5-9-14(11)3/h14H,5-10H2,1-4H3. The van der Waals surface area contributed by atoms with Crippen LogP contribution in [0.1, 0.15) is 12.8 Å². The molecular weight excluding hydrogens is 222 g/mol. The fraction of sp³-hybridized carbons (Fsp3) is 1.00. The Morgan fingerprint density at radius 1 is 1.33 bits per heavy atom. The Morgan fingerprint density at radius 3 is 2.47 bits per heavy atom. The van der Waals surface area contributed by atoms with Gasteiger partial charge in [-0.2, -0.15) is 0 Å². The van der Waals surface area contributed by atoms with E-state index >= 15 is 0 Å². The van der Waals surface area contributed by atoms with Crippen LogP contribution in [0.15, 0.2) is 0 Å². The first kappa shape index (κ1) is 13.4. The van der Waals surface area contributed by atoms with Gasteiger partial charge in [0, 0.05) is 14.2 Å². The van der Waals surface area contributed by atoms with E-state index in [4.69, 9.17) is 8.85 Å². The van der Waals surface area contributed by atoms with Gasteiger partial charge in [-0.3, -0.25) is 0 Å². The quantitative estimate of drug-likeness (QED) is 0.668. The van der Waals surface area contributed by atoms with E-state index in [1.807, 2.05) is 0 Å². The van der Waals surface area contributed by atoms with E-state index < -0.39 is 17.5 Å². The number of rotatable bonds is 6. The lowest BCUT2D eigenvalue weighted by Gasteiger charge is -2.25. The highest BCUT2D eigenvalue weighted by Crippen LogP contribution is 2.18. The van der Waals surface area contributed by atoms with Crippen LogP contribution in [0.5, 0.6) is 0 Å². The normalized spacial score (nSPS) is 23.6. The molecule has 1 aliphatic heterocycles. The molecule has 15 heavy (non-hydrogen) atoms. The van der Waals surface area contributed by atoms with Crippen LogP contribution in [0.4, 0.5) is 0 Å². The molecular formula is C10H25NO2Si2. The molecule has 0 aromatic carbocycles. The zero-order valence-electron chi connectivity index (χ0n) is 10.6. The lowest BCUT2D eigenvalue weighted by Crippen LogP contribution is -2.38. The van der Waals surface area contributed by atoms with Crippen LogP contribution in [0.2, 0.25) is 25.2 Å². The Morgan fingerprint density at radius 2 is 2.00 bits per heavy atom. The summed E-state index contributed by atoms with van der Waals surface area (Å²) in [6.07, 6.45) is 2.67. The van der Waals surface area contributed by atoms with Crippen molar-refractivity contribution in [1.82, 2.24) is 4.57 Å². The lowest BCUT2D eigenvalue weighted by atomic mass is 10.4. The molecule has 0 aromatic rings. The summed E-state index contributed by atoms with van der Waals surface area (Å²) >= 11 is 0. The summed E-state index contributed by atoms with van der Waals surface area (Å²) in [5.74, 6) is 0. The third-order valence-corrected chi connectivity index (χ3v) is 9.63. The third kappa shape index (κ3) is 3.99. The predicted octanol–water partition coefficient (Wildman–Crippen LogP) is 1.80. The number of hydrogen-bond acceptors (Lipinski definition) is 3. The van der Waals surface area contributed by atoms with Gasteiger partial charge in [0.05, 0.1) is 0 Å². The van der Waals surface area contributed by atoms with Gasteiger partial charge in [-0.25, -0.2) is 0 Å². The molecule has 1 unspecified atom stereocenters. The molecule has 0 amide bonds. The second-order valence-corrected chi connectivity index (χ2v) is 11.3. The molecule has 3 nitrogen and oxygen atoms in total. The Hall–Kier alpha value is 0.314. The van der Waals surface area contributed by atoms with Crippen LogP contribution in [0.3, 0.4) is 0 Å². The zero-order valence-corrected chi connectivity index (χ0v) is 12.7. The molecule has 1 saturated heterocycles. The maximum atomic E-state index is 5.49. The van der Waals surface area contributed by atoms with Crippen LogP contribution in [0, 0.1) is 0 Å². The molecule has 90 valence electrons. The van der Waals surface area contributed by atoms with Gasteiger partial charge in [-0.05, 0) is 44.6 Å². The average molecular weight is 247 g/mol. The summed E-state index contributed by atoms with van der Waals surface area (Å²) in [6.45, 7) is 7.22. The number of hydrogen-bond donors (Lipinski definition) is 0. The van der Waals surface area contributed by atoms with Crippen molar-refractivity contribution in [2.75, 3.05) is 27.3 Å². The fourth-order valence-electron chi connectivity index (χ4n) is 2.22. The van der Waals surface area contributed by atoms with E-state index in [2.05, 4.69) is 17.7 Å². The maximum absolute atomic E-state index is 5.49. The van der Waals surface area contributed by atoms with Gasteiger partial charge in [-0.15, -0.1) is 0 Å². The van der Waals surface area contributed by atoms with E-state index in [-0.39, 0.29) is 0 Å². The Bertz CT molecular complexity index is 188. The van der Waals surface area contributed by atoms with E-state index in [1.165, 1.54) is 32.0 Å². The second kappa shape index (κ2) is 6.15. The Kier molecular flexibility index (Phi) is 5.48. The molecule has 5 heteroatoms. The van der Waals surface area contributed by atoms with Crippen molar-refractivity contribution in [3.05, 3.63) is 0 Å². The van der Waals surface area contributed by atoms with E-state index in [9.17, 15) is 0 Å². The molecule has 0 bridgehead atoms. The minimum Gasteiger partial charge on any atom is -0.398 e. The van der Waals surface area contributed by atoms with Gasteiger partial charge >= 0.3 is 8.56 Å². The summed E-state index contributed by atoms with van der Waals surface area (Å²) in [4.78, 5) is 0. The largest absolute Gasteiger partial charge is 0.398 e. The average Bonchev–Trinajstić information content (AvgIpc) is 2.64. The first-order valence-corrected chi connectivity index (χ1v) is 11.0.